The molecule has 213 valence electrons. The summed E-state index contributed by atoms with van der Waals surface area (Å²) >= 11 is 0. The first-order chi connectivity index (χ1) is 19.7. The average Bonchev–Trinajstić information content (AvgIpc) is 2.98. The molecule has 0 bridgehead atoms. The van der Waals surface area contributed by atoms with Gasteiger partial charge in [0.2, 0.25) is 6.29 Å². The van der Waals surface area contributed by atoms with Crippen molar-refractivity contribution in [2.75, 3.05) is 0 Å². The molecule has 4 aromatic rings. The highest BCUT2D eigenvalue weighted by molar-refractivity contribution is 6.23. The molecule has 0 saturated heterocycles. The van der Waals surface area contributed by atoms with Crippen LogP contribution in [-0.4, -0.2) is 12.1 Å². The number of Topliss-reactive ketones (excluding diaryl/α,β-unsaturated/α-hetero) is 1. The number of rotatable bonds is 20. The van der Waals surface area contributed by atoms with Crippen molar-refractivity contribution >= 4 is 44.4 Å². The predicted molar refractivity (Wildman–Crippen MR) is 172 cm³/mol. The first kappa shape index (κ1) is 30.2. The van der Waals surface area contributed by atoms with Gasteiger partial charge >= 0.3 is 0 Å². The number of hydrogen-bond acceptors (Lipinski definition) is 2. The van der Waals surface area contributed by atoms with E-state index in [1.54, 1.807) is 0 Å². The van der Waals surface area contributed by atoms with Crippen molar-refractivity contribution < 1.29 is 9.59 Å². The summed E-state index contributed by atoms with van der Waals surface area (Å²) in [5.41, 5.74) is 0.956. The molecule has 1 radical (unpaired) electrons. The first-order valence-electron chi connectivity index (χ1n) is 16.3. The Labute approximate surface area is 242 Å². The van der Waals surface area contributed by atoms with Crippen molar-refractivity contribution in [2.24, 2.45) is 5.92 Å². The van der Waals surface area contributed by atoms with Crippen LogP contribution in [0, 0.1) is 5.92 Å². The van der Waals surface area contributed by atoms with Crippen LogP contribution in [0.15, 0.2) is 54.6 Å². The van der Waals surface area contributed by atoms with Crippen molar-refractivity contribution in [3.05, 3.63) is 60.2 Å². The first-order valence-corrected chi connectivity index (χ1v) is 16.3. The lowest BCUT2D eigenvalue weighted by molar-refractivity contribution is -0.123. The third kappa shape index (κ3) is 7.50. The van der Waals surface area contributed by atoms with Crippen LogP contribution in [-0.2, 0) is 9.59 Å². The lowest BCUT2D eigenvalue weighted by Gasteiger charge is -2.24. The quantitative estimate of drug-likeness (QED) is 0.0829. The molecule has 4 aromatic carbocycles. The van der Waals surface area contributed by atoms with Crippen molar-refractivity contribution in [2.45, 2.75) is 122 Å². The van der Waals surface area contributed by atoms with E-state index in [0.717, 1.165) is 36.6 Å². The van der Waals surface area contributed by atoms with E-state index in [1.165, 1.54) is 97.6 Å². The lowest BCUT2D eigenvalue weighted by Crippen LogP contribution is -2.24. The van der Waals surface area contributed by atoms with Crippen LogP contribution in [0.4, 0.5) is 0 Å². The molecule has 0 spiro atoms. The van der Waals surface area contributed by atoms with E-state index in [-0.39, 0.29) is 11.7 Å². The van der Waals surface area contributed by atoms with E-state index in [1.807, 2.05) is 0 Å². The van der Waals surface area contributed by atoms with E-state index >= 15 is 0 Å². The molecule has 0 heterocycles. The van der Waals surface area contributed by atoms with Gasteiger partial charge in [0.15, 0.2) is 0 Å². The van der Waals surface area contributed by atoms with Crippen LogP contribution in [0.25, 0.3) is 32.3 Å². The Morgan fingerprint density at radius 1 is 0.625 bits per heavy atom. The summed E-state index contributed by atoms with van der Waals surface area (Å²) < 4.78 is 0. The molecule has 2 atom stereocenters. The fraction of sp³-hybridized carbons (Fsp3) is 0.526. The highest BCUT2D eigenvalue weighted by Gasteiger charge is 2.30. The maximum absolute atomic E-state index is 13.5. The molecule has 4 rings (SSSR count). The van der Waals surface area contributed by atoms with Crippen LogP contribution in [0.2, 0.25) is 0 Å². The number of carbonyl (C=O) groups excluding carboxylic acids is 2. The van der Waals surface area contributed by atoms with Gasteiger partial charge in [0, 0.05) is 12.3 Å². The summed E-state index contributed by atoms with van der Waals surface area (Å²) in [4.78, 5) is 26.0. The Balaban J connectivity index is 1.32. The summed E-state index contributed by atoms with van der Waals surface area (Å²) in [5, 5.41) is 7.14. The van der Waals surface area contributed by atoms with E-state index in [2.05, 4.69) is 74.7 Å². The molecule has 0 fully saturated rings. The third-order valence-corrected chi connectivity index (χ3v) is 8.97. The van der Waals surface area contributed by atoms with Gasteiger partial charge in [-0.2, -0.15) is 0 Å². The van der Waals surface area contributed by atoms with Gasteiger partial charge in [0.05, 0.1) is 5.92 Å². The third-order valence-electron chi connectivity index (χ3n) is 8.97. The van der Waals surface area contributed by atoms with Gasteiger partial charge in [-0.05, 0) is 50.7 Å². The lowest BCUT2D eigenvalue weighted by atomic mass is 9.77. The molecular weight excluding hydrogens is 488 g/mol. The Hall–Kier alpha value is -2.74. The van der Waals surface area contributed by atoms with Crippen molar-refractivity contribution in [3.63, 3.8) is 0 Å². The summed E-state index contributed by atoms with van der Waals surface area (Å²) in [6.07, 6.45) is 21.4. The summed E-state index contributed by atoms with van der Waals surface area (Å²) in [6, 6.07) is 19.2. The molecule has 0 aliphatic heterocycles. The Morgan fingerprint density at radius 3 is 1.73 bits per heavy atom. The normalized spacial score (nSPS) is 13.3. The number of ketones is 1. The summed E-state index contributed by atoms with van der Waals surface area (Å²) in [7, 11) is 0. The van der Waals surface area contributed by atoms with Crippen molar-refractivity contribution in [3.8, 4) is 0 Å². The molecule has 2 heteroatoms. The monoisotopic (exact) mass is 537 g/mol. The van der Waals surface area contributed by atoms with Crippen molar-refractivity contribution in [1.29, 1.82) is 0 Å². The molecule has 0 amide bonds. The molecule has 0 aliphatic carbocycles. The van der Waals surface area contributed by atoms with Gasteiger partial charge < -0.3 is 0 Å². The molecule has 0 saturated carbocycles. The van der Waals surface area contributed by atoms with Crippen LogP contribution in [0.3, 0.4) is 0 Å². The largest absolute Gasteiger partial charge is 0.299 e. The second-order valence-electron chi connectivity index (χ2n) is 12.0. The van der Waals surface area contributed by atoms with E-state index in [0.29, 0.717) is 6.42 Å². The molecule has 0 N–H and O–H groups in total. The average molecular weight is 538 g/mol. The zero-order valence-corrected chi connectivity index (χ0v) is 25.0. The fourth-order valence-corrected chi connectivity index (χ4v) is 6.72. The number of unbranched alkanes of at least 4 members (excludes halogenated alkanes) is 12. The van der Waals surface area contributed by atoms with Gasteiger partial charge in [-0.3, -0.25) is 9.59 Å². The minimum atomic E-state index is -0.515. The number of carbonyl (C=O) groups is 1. The van der Waals surface area contributed by atoms with Crippen LogP contribution < -0.4 is 0 Å². The molecule has 2 nitrogen and oxygen atoms in total. The van der Waals surface area contributed by atoms with E-state index < -0.39 is 5.92 Å². The molecular formula is C38H49O2. The van der Waals surface area contributed by atoms with Crippen LogP contribution in [0.5, 0.6) is 0 Å². The summed E-state index contributed by atoms with van der Waals surface area (Å²) in [6.45, 7) is 4.38. The fourth-order valence-electron chi connectivity index (χ4n) is 6.72. The predicted octanol–water partition coefficient (Wildman–Crippen LogP) is 11.2. The Bertz CT molecular complexity index is 1320. The second kappa shape index (κ2) is 15.9. The van der Waals surface area contributed by atoms with Crippen LogP contribution >= 0.6 is 0 Å². The second-order valence-corrected chi connectivity index (χ2v) is 12.0. The minimum Gasteiger partial charge on any atom is -0.299 e. The molecule has 40 heavy (non-hydrogen) atoms. The minimum absolute atomic E-state index is 0.240. The molecule has 0 aromatic heterocycles. The maximum Gasteiger partial charge on any atom is 0.207 e. The van der Waals surface area contributed by atoms with Gasteiger partial charge in [-0.15, -0.1) is 0 Å². The highest BCUT2D eigenvalue weighted by atomic mass is 16.1. The highest BCUT2D eigenvalue weighted by Crippen LogP contribution is 2.40. The zero-order valence-electron chi connectivity index (χ0n) is 25.0. The van der Waals surface area contributed by atoms with Gasteiger partial charge in [-0.25, -0.2) is 0 Å². The molecule has 0 aliphatic rings. The van der Waals surface area contributed by atoms with Gasteiger partial charge in [-0.1, -0.05) is 152 Å². The Morgan fingerprint density at radius 2 is 1.15 bits per heavy atom. The van der Waals surface area contributed by atoms with Crippen LogP contribution in [0.1, 0.15) is 128 Å². The van der Waals surface area contributed by atoms with Crippen molar-refractivity contribution in [1.82, 2.24) is 0 Å². The topological polar surface area (TPSA) is 34.1 Å². The Kier molecular flexibility index (Phi) is 12.0. The maximum atomic E-state index is 13.5. The zero-order chi connectivity index (χ0) is 28.2. The summed E-state index contributed by atoms with van der Waals surface area (Å²) in [5.74, 6) is -0.568. The van der Waals surface area contributed by atoms with E-state index in [4.69, 9.17) is 0 Å². The standard InChI is InChI=1S/C38H49O2/c1-3-5-6-7-8-9-10-11-12-13-14-15-16-21-36(40)33(18-4-2)35(28-39)32-26-24-31-23-22-29-19-17-20-30-25-27-34(32)38(31)37(29)30/h17,19-20,22-27,33,35H,3-16,18,21H2,1-2H3. The van der Waals surface area contributed by atoms with Gasteiger partial charge in [0.25, 0.3) is 0 Å². The number of benzene rings is 4. The van der Waals surface area contributed by atoms with Gasteiger partial charge in [0.1, 0.15) is 5.78 Å². The van der Waals surface area contributed by atoms with E-state index in [9.17, 15) is 9.59 Å². The smallest absolute Gasteiger partial charge is 0.207 e. The SMILES string of the molecule is CCCCCCCCCCCCCCCC(=O)C(CCC)C([C]=O)c1ccc2ccc3cccc4ccc1c2c34. The molecule has 2 unspecified atom stereocenters. The number of hydrogen-bond donors (Lipinski definition) is 0.